The SMILES string of the molecule is CCC(NS(=O)(=O)c1ccc2ccccc2c1)C12CC3CC(CC(C3)C1)C2. The van der Waals surface area contributed by atoms with E-state index in [9.17, 15) is 8.42 Å². The Morgan fingerprint density at radius 2 is 1.56 bits per heavy atom. The van der Waals surface area contributed by atoms with Gasteiger partial charge in [0, 0.05) is 6.04 Å². The van der Waals surface area contributed by atoms with E-state index < -0.39 is 10.0 Å². The van der Waals surface area contributed by atoms with Gasteiger partial charge in [0.05, 0.1) is 4.90 Å². The van der Waals surface area contributed by atoms with Crippen molar-refractivity contribution in [2.45, 2.75) is 62.8 Å². The average Bonchev–Trinajstić information content (AvgIpc) is 2.64. The van der Waals surface area contributed by atoms with Crippen molar-refractivity contribution in [3.63, 3.8) is 0 Å². The zero-order valence-corrected chi connectivity index (χ0v) is 16.8. The second-order valence-electron chi connectivity index (χ2n) is 9.37. The van der Waals surface area contributed by atoms with E-state index in [4.69, 9.17) is 0 Å². The van der Waals surface area contributed by atoms with Gasteiger partial charge in [0.2, 0.25) is 10.0 Å². The van der Waals surface area contributed by atoms with E-state index in [1.54, 1.807) is 6.07 Å². The van der Waals surface area contributed by atoms with Gasteiger partial charge in [-0.2, -0.15) is 0 Å². The van der Waals surface area contributed by atoms with Crippen molar-refractivity contribution in [2.24, 2.45) is 23.2 Å². The molecule has 2 aromatic carbocycles. The summed E-state index contributed by atoms with van der Waals surface area (Å²) in [4.78, 5) is 0.393. The maximum atomic E-state index is 13.2. The van der Waals surface area contributed by atoms with Crippen LogP contribution in [0.1, 0.15) is 51.9 Å². The molecule has 4 aliphatic rings. The molecule has 4 aliphatic carbocycles. The molecule has 27 heavy (non-hydrogen) atoms. The van der Waals surface area contributed by atoms with E-state index in [0.717, 1.165) is 34.9 Å². The second-order valence-corrected chi connectivity index (χ2v) is 11.1. The Balaban J connectivity index is 1.45. The van der Waals surface area contributed by atoms with Gasteiger partial charge in [-0.1, -0.05) is 37.3 Å². The van der Waals surface area contributed by atoms with Gasteiger partial charge in [-0.15, -0.1) is 0 Å². The molecule has 6 rings (SSSR count). The first-order valence-electron chi connectivity index (χ1n) is 10.5. The van der Waals surface area contributed by atoms with Gasteiger partial charge in [0.15, 0.2) is 0 Å². The largest absolute Gasteiger partial charge is 0.240 e. The highest BCUT2D eigenvalue weighted by molar-refractivity contribution is 7.89. The molecular weight excluding hydrogens is 354 g/mol. The molecule has 0 amide bonds. The highest BCUT2D eigenvalue weighted by atomic mass is 32.2. The Morgan fingerprint density at radius 3 is 2.15 bits per heavy atom. The number of benzene rings is 2. The Labute approximate surface area is 162 Å². The zero-order chi connectivity index (χ0) is 18.6. The molecule has 0 spiro atoms. The minimum Gasteiger partial charge on any atom is -0.208 e. The third-order valence-corrected chi connectivity index (χ3v) is 9.03. The summed E-state index contributed by atoms with van der Waals surface area (Å²) >= 11 is 0. The second kappa shape index (κ2) is 6.31. The van der Waals surface area contributed by atoms with Gasteiger partial charge in [-0.25, -0.2) is 13.1 Å². The van der Waals surface area contributed by atoms with Crippen molar-refractivity contribution in [3.05, 3.63) is 42.5 Å². The lowest BCUT2D eigenvalue weighted by atomic mass is 9.47. The first-order chi connectivity index (χ1) is 13.0. The minimum absolute atomic E-state index is 0.0578. The predicted octanol–water partition coefficient (Wildman–Crippen LogP) is 5.11. The Kier molecular flexibility index (Phi) is 4.14. The van der Waals surface area contributed by atoms with Crippen LogP contribution in [0, 0.1) is 23.2 Å². The zero-order valence-electron chi connectivity index (χ0n) is 16.0. The van der Waals surface area contributed by atoms with Gasteiger partial charge < -0.3 is 0 Å². The highest BCUT2D eigenvalue weighted by Crippen LogP contribution is 2.61. The topological polar surface area (TPSA) is 46.2 Å². The van der Waals surface area contributed by atoms with Crippen molar-refractivity contribution >= 4 is 20.8 Å². The van der Waals surface area contributed by atoms with Gasteiger partial charge in [0.1, 0.15) is 0 Å². The summed E-state index contributed by atoms with van der Waals surface area (Å²) in [5.41, 5.74) is 0.188. The van der Waals surface area contributed by atoms with Gasteiger partial charge >= 0.3 is 0 Å². The minimum atomic E-state index is -3.51. The molecular formula is C23H29NO2S. The number of fused-ring (bicyclic) bond motifs is 1. The van der Waals surface area contributed by atoms with E-state index in [1.165, 1.54) is 38.5 Å². The van der Waals surface area contributed by atoms with Crippen molar-refractivity contribution in [3.8, 4) is 0 Å². The summed E-state index contributed by atoms with van der Waals surface area (Å²) in [5.74, 6) is 2.49. The molecule has 1 atom stereocenters. The van der Waals surface area contributed by atoms with Crippen LogP contribution in [-0.4, -0.2) is 14.5 Å². The van der Waals surface area contributed by atoms with Gasteiger partial charge in [0.25, 0.3) is 0 Å². The normalized spacial score (nSPS) is 33.4. The average molecular weight is 384 g/mol. The van der Waals surface area contributed by atoms with Crippen molar-refractivity contribution in [1.29, 1.82) is 0 Å². The van der Waals surface area contributed by atoms with Gasteiger partial charge in [-0.3, -0.25) is 0 Å². The smallest absolute Gasteiger partial charge is 0.208 e. The van der Waals surface area contributed by atoms with Crippen LogP contribution in [0.15, 0.2) is 47.4 Å². The molecule has 0 radical (unpaired) electrons. The van der Waals surface area contributed by atoms with Crippen LogP contribution in [0.3, 0.4) is 0 Å². The maximum Gasteiger partial charge on any atom is 0.240 e. The first kappa shape index (κ1) is 17.7. The molecule has 1 unspecified atom stereocenters. The Bertz CT molecular complexity index is 930. The van der Waals surface area contributed by atoms with Crippen molar-refractivity contribution < 1.29 is 8.42 Å². The van der Waals surface area contributed by atoms with E-state index in [-0.39, 0.29) is 11.5 Å². The van der Waals surface area contributed by atoms with Crippen LogP contribution in [-0.2, 0) is 10.0 Å². The number of rotatable bonds is 5. The molecule has 1 N–H and O–H groups in total. The lowest BCUT2D eigenvalue weighted by Gasteiger charge is -2.59. The molecule has 4 saturated carbocycles. The molecule has 0 aromatic heterocycles. The lowest BCUT2D eigenvalue weighted by molar-refractivity contribution is -0.0704. The molecule has 144 valence electrons. The van der Waals surface area contributed by atoms with Crippen LogP contribution in [0.5, 0.6) is 0 Å². The first-order valence-corrected chi connectivity index (χ1v) is 12.0. The van der Waals surface area contributed by atoms with E-state index in [0.29, 0.717) is 4.90 Å². The summed E-state index contributed by atoms with van der Waals surface area (Å²) in [5, 5.41) is 2.05. The molecule has 3 nitrogen and oxygen atoms in total. The van der Waals surface area contributed by atoms with E-state index in [2.05, 4.69) is 11.6 Å². The van der Waals surface area contributed by atoms with Crippen LogP contribution in [0.4, 0.5) is 0 Å². The molecule has 0 saturated heterocycles. The number of sulfonamides is 1. The monoisotopic (exact) mass is 383 g/mol. The summed E-state index contributed by atoms with van der Waals surface area (Å²) in [6, 6.07) is 13.5. The van der Waals surface area contributed by atoms with Gasteiger partial charge in [-0.05, 0) is 91.0 Å². The summed E-state index contributed by atoms with van der Waals surface area (Å²) in [6.45, 7) is 2.15. The highest BCUT2D eigenvalue weighted by Gasteiger charge is 2.54. The van der Waals surface area contributed by atoms with Crippen molar-refractivity contribution in [2.75, 3.05) is 0 Å². The van der Waals surface area contributed by atoms with Crippen molar-refractivity contribution in [1.82, 2.24) is 4.72 Å². The number of hydrogen-bond donors (Lipinski definition) is 1. The number of hydrogen-bond acceptors (Lipinski definition) is 2. The third-order valence-electron chi connectivity index (χ3n) is 7.56. The fourth-order valence-electron chi connectivity index (χ4n) is 6.84. The van der Waals surface area contributed by atoms with Crippen LogP contribution in [0.25, 0.3) is 10.8 Å². The Morgan fingerprint density at radius 1 is 0.963 bits per heavy atom. The van der Waals surface area contributed by atoms with Crippen LogP contribution < -0.4 is 4.72 Å². The molecule has 2 aromatic rings. The van der Waals surface area contributed by atoms with Crippen LogP contribution in [0.2, 0.25) is 0 Å². The quantitative estimate of drug-likeness (QED) is 0.779. The predicted molar refractivity (Wildman–Crippen MR) is 109 cm³/mol. The fraction of sp³-hybridized carbons (Fsp3) is 0.565. The maximum absolute atomic E-state index is 13.2. The molecule has 0 heterocycles. The van der Waals surface area contributed by atoms with Crippen LogP contribution >= 0.6 is 0 Å². The van der Waals surface area contributed by atoms with E-state index in [1.807, 2.05) is 36.4 Å². The standard InChI is InChI=1S/C23H29NO2S/c1-2-22(23-13-16-9-17(14-23)11-18(10-16)15-23)24-27(25,26)21-8-7-19-5-3-4-6-20(19)12-21/h3-8,12,16-18,22,24H,2,9-11,13-15H2,1H3. The Hall–Kier alpha value is -1.39. The molecule has 4 heteroatoms. The fourth-order valence-corrected chi connectivity index (χ4v) is 8.29. The summed E-state index contributed by atoms with van der Waals surface area (Å²) in [7, 11) is -3.51. The van der Waals surface area contributed by atoms with E-state index >= 15 is 0 Å². The summed E-state index contributed by atoms with van der Waals surface area (Å²) < 4.78 is 29.6. The molecule has 0 aliphatic heterocycles. The third kappa shape index (κ3) is 3.01. The molecule has 4 fully saturated rings. The lowest BCUT2D eigenvalue weighted by Crippen LogP contribution is -2.56. The molecule has 4 bridgehead atoms. The number of nitrogens with one attached hydrogen (secondary N) is 1. The summed E-state index contributed by atoms with van der Waals surface area (Å²) in [6.07, 6.45) is 8.68.